The molecule has 0 fully saturated rings. The second-order valence-electron chi connectivity index (χ2n) is 2.84. The van der Waals surface area contributed by atoms with Crippen LogP contribution in [0.2, 0.25) is 0 Å². The molecule has 0 heterocycles. The van der Waals surface area contributed by atoms with Gasteiger partial charge in [0.2, 0.25) is 0 Å². The summed E-state index contributed by atoms with van der Waals surface area (Å²) in [7, 11) is 0. The zero-order chi connectivity index (χ0) is 11.7. The van der Waals surface area contributed by atoms with Crippen LogP contribution in [0.3, 0.4) is 0 Å². The Kier molecular flexibility index (Phi) is 12.9. The summed E-state index contributed by atoms with van der Waals surface area (Å²) in [6.45, 7) is 1.44. The van der Waals surface area contributed by atoms with E-state index in [0.717, 1.165) is 0 Å². The summed E-state index contributed by atoms with van der Waals surface area (Å²) in [5.41, 5.74) is 1.94. The van der Waals surface area contributed by atoms with Gasteiger partial charge in [0, 0.05) is 20.0 Å². The van der Waals surface area contributed by atoms with Crippen molar-refractivity contribution in [3.63, 3.8) is 0 Å². The number of amides is 1. The van der Waals surface area contributed by atoms with Gasteiger partial charge in [-0.25, -0.2) is 0 Å². The number of hydrogen-bond acceptors (Lipinski definition) is 6. The van der Waals surface area contributed by atoms with Gasteiger partial charge in [0.1, 0.15) is 0 Å². The van der Waals surface area contributed by atoms with Gasteiger partial charge in [0.25, 0.3) is 5.91 Å². The maximum atomic E-state index is 11.1. The number of nitrogens with one attached hydrogen (secondary N) is 1. The van der Waals surface area contributed by atoms with Crippen LogP contribution >= 0.6 is 0 Å². The molecule has 0 aliphatic carbocycles. The van der Waals surface area contributed by atoms with Gasteiger partial charge in [0.15, 0.2) is 0 Å². The summed E-state index contributed by atoms with van der Waals surface area (Å²) >= 11 is 0. The van der Waals surface area contributed by atoms with Gasteiger partial charge in [-0.05, 0) is 0 Å². The Bertz CT molecular complexity index is 214. The zero-order valence-electron chi connectivity index (χ0n) is 10.6. The molecule has 0 spiro atoms. The average molecular weight is 244 g/mol. The Morgan fingerprint density at radius 3 is 2.19 bits per heavy atom. The van der Waals surface area contributed by atoms with Gasteiger partial charge in [-0.15, -0.1) is 0 Å². The predicted molar refractivity (Wildman–Crippen MR) is 51.6 cm³/mol. The fraction of sp³-hybridized carbons (Fsp3) is 0.750. The maximum Gasteiger partial charge on any atom is 1.00 e. The standard InChI is InChI=1S/C8H16N2O5.Na.H/c1-7(13)15-9-8(14)6-10(2-4-11)3-5-12;;/h11-12H,2-6H2,1H3,(H,9,14);;/q;+1;-1. The largest absolute Gasteiger partial charge is 1.00 e. The van der Waals surface area contributed by atoms with Crippen LogP contribution in [0.15, 0.2) is 0 Å². The number of carbonyl (C=O) groups excluding carboxylic acids is 2. The third kappa shape index (κ3) is 10.3. The molecule has 16 heavy (non-hydrogen) atoms. The fourth-order valence-corrected chi connectivity index (χ4v) is 0.917. The molecule has 0 unspecified atom stereocenters. The first-order chi connectivity index (χ1) is 7.10. The van der Waals surface area contributed by atoms with Crippen molar-refractivity contribution in [3.8, 4) is 0 Å². The number of aliphatic hydroxyl groups excluding tert-OH is 2. The maximum absolute atomic E-state index is 11.1. The van der Waals surface area contributed by atoms with Crippen LogP contribution < -0.4 is 35.0 Å². The summed E-state index contributed by atoms with van der Waals surface area (Å²) in [5, 5.41) is 17.3. The molecule has 90 valence electrons. The van der Waals surface area contributed by atoms with E-state index in [9.17, 15) is 9.59 Å². The van der Waals surface area contributed by atoms with E-state index >= 15 is 0 Å². The Hall–Kier alpha value is -0.180. The molecule has 0 aromatic rings. The summed E-state index contributed by atoms with van der Waals surface area (Å²) in [6.07, 6.45) is 0. The molecule has 0 aromatic carbocycles. The van der Waals surface area contributed by atoms with Gasteiger partial charge < -0.3 is 16.5 Å². The van der Waals surface area contributed by atoms with Crippen molar-refractivity contribution in [2.45, 2.75) is 6.92 Å². The van der Waals surface area contributed by atoms with E-state index < -0.39 is 11.9 Å². The van der Waals surface area contributed by atoms with E-state index in [4.69, 9.17) is 10.2 Å². The van der Waals surface area contributed by atoms with Crippen LogP contribution in [0.4, 0.5) is 0 Å². The van der Waals surface area contributed by atoms with Crippen LogP contribution in [0.5, 0.6) is 0 Å². The number of aliphatic hydroxyl groups is 2. The van der Waals surface area contributed by atoms with Crippen LogP contribution in [0.25, 0.3) is 0 Å². The van der Waals surface area contributed by atoms with Crippen LogP contribution in [0.1, 0.15) is 8.35 Å². The van der Waals surface area contributed by atoms with Crippen molar-refractivity contribution >= 4 is 11.9 Å². The van der Waals surface area contributed by atoms with Crippen LogP contribution in [-0.4, -0.2) is 59.8 Å². The van der Waals surface area contributed by atoms with Gasteiger partial charge in [-0.3, -0.25) is 14.5 Å². The SMILES string of the molecule is CC(=O)ONC(=O)CN(CCO)CCO.[H-].[Na+]. The molecule has 0 bridgehead atoms. The second-order valence-corrected chi connectivity index (χ2v) is 2.84. The van der Waals surface area contributed by atoms with E-state index in [2.05, 4.69) is 4.84 Å². The molecule has 3 N–H and O–H groups in total. The van der Waals surface area contributed by atoms with Gasteiger partial charge in [-0.1, -0.05) is 0 Å². The fourth-order valence-electron chi connectivity index (χ4n) is 0.917. The van der Waals surface area contributed by atoms with Crippen molar-refractivity contribution in [3.05, 3.63) is 0 Å². The second kappa shape index (κ2) is 11.3. The van der Waals surface area contributed by atoms with E-state index in [1.165, 1.54) is 11.8 Å². The molecule has 1 amide bonds. The van der Waals surface area contributed by atoms with Gasteiger partial charge >= 0.3 is 35.5 Å². The normalized spacial score (nSPS) is 9.50. The van der Waals surface area contributed by atoms with E-state index in [1.54, 1.807) is 0 Å². The summed E-state index contributed by atoms with van der Waals surface area (Å²) in [4.78, 5) is 27.3. The molecular formula is C8H17N2NaO5. The van der Waals surface area contributed by atoms with E-state index in [-0.39, 0.29) is 63.8 Å². The smallest absolute Gasteiger partial charge is 1.00 e. The van der Waals surface area contributed by atoms with Crippen LogP contribution in [-0.2, 0) is 14.4 Å². The Labute approximate surface area is 117 Å². The molecule has 0 radical (unpaired) electrons. The monoisotopic (exact) mass is 244 g/mol. The van der Waals surface area contributed by atoms with Crippen molar-refractivity contribution < 1.29 is 55.6 Å². The van der Waals surface area contributed by atoms with Crippen molar-refractivity contribution in [1.82, 2.24) is 10.4 Å². The molecule has 0 aromatic heterocycles. The summed E-state index contributed by atoms with van der Waals surface area (Å²) in [6, 6.07) is 0. The number of hydroxylamine groups is 1. The molecule has 0 rings (SSSR count). The molecule has 0 aliphatic rings. The third-order valence-corrected chi connectivity index (χ3v) is 1.51. The Balaban J connectivity index is -0.000000980. The molecule has 0 atom stereocenters. The van der Waals surface area contributed by atoms with Crippen molar-refractivity contribution in [2.24, 2.45) is 0 Å². The van der Waals surface area contributed by atoms with Gasteiger partial charge in [0.05, 0.1) is 19.8 Å². The van der Waals surface area contributed by atoms with Crippen LogP contribution in [0, 0.1) is 0 Å². The molecule has 7 nitrogen and oxygen atoms in total. The minimum Gasteiger partial charge on any atom is -1.00 e. The summed E-state index contributed by atoms with van der Waals surface area (Å²) < 4.78 is 0. The molecule has 8 heteroatoms. The minimum absolute atomic E-state index is 0. The molecule has 0 saturated heterocycles. The first kappa shape index (κ1) is 18.2. The van der Waals surface area contributed by atoms with E-state index in [1.807, 2.05) is 5.48 Å². The minimum atomic E-state index is -0.612. The first-order valence-corrected chi connectivity index (χ1v) is 4.50. The molecule has 0 aliphatic heterocycles. The van der Waals surface area contributed by atoms with E-state index in [0.29, 0.717) is 0 Å². The topological polar surface area (TPSA) is 99.1 Å². The van der Waals surface area contributed by atoms with Gasteiger partial charge in [-0.2, -0.15) is 5.48 Å². The molecule has 0 saturated carbocycles. The Morgan fingerprint density at radius 2 is 1.81 bits per heavy atom. The number of carbonyl (C=O) groups is 2. The number of nitrogens with zero attached hydrogens (tertiary/aromatic N) is 1. The quantitative estimate of drug-likeness (QED) is 0.319. The van der Waals surface area contributed by atoms with Crippen molar-refractivity contribution in [2.75, 3.05) is 32.8 Å². The first-order valence-electron chi connectivity index (χ1n) is 4.50. The van der Waals surface area contributed by atoms with Crippen molar-refractivity contribution in [1.29, 1.82) is 0 Å². The Morgan fingerprint density at radius 1 is 1.31 bits per heavy atom. The zero-order valence-corrected chi connectivity index (χ0v) is 11.6. The average Bonchev–Trinajstić information content (AvgIpc) is 2.15. The predicted octanol–water partition coefficient (Wildman–Crippen LogP) is -5.02. The summed E-state index contributed by atoms with van der Waals surface area (Å²) in [5.74, 6) is -1.12. The molecular weight excluding hydrogens is 227 g/mol. The third-order valence-electron chi connectivity index (χ3n) is 1.51. The number of hydrogen-bond donors (Lipinski definition) is 3. The number of rotatable bonds is 6.